The highest BCUT2D eigenvalue weighted by atomic mass is 19.4. The van der Waals surface area contributed by atoms with Crippen molar-refractivity contribution in [1.82, 2.24) is 4.98 Å². The predicted molar refractivity (Wildman–Crippen MR) is 48.7 cm³/mol. The van der Waals surface area contributed by atoms with E-state index in [1.807, 2.05) is 0 Å². The minimum Gasteiger partial charge on any atom is -0.481 e. The molecule has 0 aliphatic rings. The first kappa shape index (κ1) is 12.4. The van der Waals surface area contributed by atoms with Crippen LogP contribution in [0.25, 0.3) is 0 Å². The highest BCUT2D eigenvalue weighted by Crippen LogP contribution is 2.33. The van der Waals surface area contributed by atoms with Crippen LogP contribution >= 0.6 is 0 Å². The number of hydrogen-bond donors (Lipinski definition) is 2. The second-order valence-electron chi connectivity index (χ2n) is 3.07. The number of aromatic nitrogens is 1. The zero-order chi connectivity index (χ0) is 12.3. The van der Waals surface area contributed by atoms with E-state index in [-0.39, 0.29) is 0 Å². The molecule has 7 heteroatoms. The number of carbonyl (C=O) groups is 1. The van der Waals surface area contributed by atoms with Crippen molar-refractivity contribution < 1.29 is 23.1 Å². The lowest BCUT2D eigenvalue weighted by Crippen LogP contribution is -2.25. The van der Waals surface area contributed by atoms with Gasteiger partial charge in [-0.1, -0.05) is 6.07 Å². The van der Waals surface area contributed by atoms with Gasteiger partial charge in [-0.15, -0.1) is 0 Å². The third-order valence-corrected chi connectivity index (χ3v) is 2.02. The van der Waals surface area contributed by atoms with Crippen molar-refractivity contribution in [3.05, 3.63) is 29.6 Å². The number of hydrogen-bond acceptors (Lipinski definition) is 3. The highest BCUT2D eigenvalue weighted by Gasteiger charge is 2.38. The molecule has 0 spiro atoms. The Morgan fingerprint density at radius 1 is 1.56 bits per heavy atom. The molecule has 0 amide bonds. The number of rotatable bonds is 3. The lowest BCUT2D eigenvalue weighted by Gasteiger charge is -2.15. The number of carboxylic acid groups (broad SMARTS) is 1. The summed E-state index contributed by atoms with van der Waals surface area (Å²) in [5.74, 6) is -2.80. The minimum atomic E-state index is -4.68. The number of alkyl halides is 3. The number of nitrogens with zero attached hydrogens (tertiary/aromatic N) is 1. The van der Waals surface area contributed by atoms with Crippen molar-refractivity contribution in [3.8, 4) is 0 Å². The SMILES string of the molecule is NCC(C(=O)O)c1cccnc1C(F)(F)F. The van der Waals surface area contributed by atoms with Crippen molar-refractivity contribution in [2.45, 2.75) is 12.1 Å². The van der Waals surface area contributed by atoms with Gasteiger partial charge in [0.25, 0.3) is 0 Å². The molecule has 0 bridgehead atoms. The Morgan fingerprint density at radius 3 is 2.62 bits per heavy atom. The summed E-state index contributed by atoms with van der Waals surface area (Å²) in [4.78, 5) is 13.9. The Hall–Kier alpha value is -1.63. The molecular formula is C9H9F3N2O2. The van der Waals surface area contributed by atoms with Crippen LogP contribution in [-0.4, -0.2) is 22.6 Å². The fourth-order valence-corrected chi connectivity index (χ4v) is 1.30. The Morgan fingerprint density at radius 2 is 2.19 bits per heavy atom. The molecule has 0 fully saturated rings. The van der Waals surface area contributed by atoms with Gasteiger partial charge in [0.2, 0.25) is 0 Å². The molecule has 1 aromatic heterocycles. The Balaban J connectivity index is 3.27. The molecule has 1 heterocycles. The maximum atomic E-state index is 12.5. The quantitative estimate of drug-likeness (QED) is 0.824. The van der Waals surface area contributed by atoms with E-state index in [2.05, 4.69) is 4.98 Å². The Kier molecular flexibility index (Phi) is 3.48. The third-order valence-electron chi connectivity index (χ3n) is 2.02. The van der Waals surface area contributed by atoms with Crippen molar-refractivity contribution >= 4 is 5.97 Å². The third kappa shape index (κ3) is 2.48. The van der Waals surface area contributed by atoms with E-state index in [4.69, 9.17) is 10.8 Å². The monoisotopic (exact) mass is 234 g/mol. The molecule has 0 saturated heterocycles. The van der Waals surface area contributed by atoms with Gasteiger partial charge in [-0.3, -0.25) is 9.78 Å². The first-order chi connectivity index (χ1) is 7.38. The van der Waals surface area contributed by atoms with E-state index < -0.39 is 35.9 Å². The summed E-state index contributed by atoms with van der Waals surface area (Å²) < 4.78 is 37.5. The molecule has 0 aromatic carbocycles. The van der Waals surface area contributed by atoms with Crippen molar-refractivity contribution in [2.75, 3.05) is 6.54 Å². The molecule has 0 radical (unpaired) electrons. The number of halogens is 3. The molecule has 0 saturated carbocycles. The summed E-state index contributed by atoms with van der Waals surface area (Å²) in [5.41, 5.74) is 3.53. The standard InChI is InChI=1S/C9H9F3N2O2/c10-9(11,12)7-5(2-1-3-14-7)6(4-13)8(15)16/h1-3,6H,4,13H2,(H,15,16). The van der Waals surface area contributed by atoms with E-state index in [9.17, 15) is 18.0 Å². The van der Waals surface area contributed by atoms with Crippen LogP contribution in [0.1, 0.15) is 17.2 Å². The van der Waals surface area contributed by atoms with Crippen LogP contribution in [0.2, 0.25) is 0 Å². The van der Waals surface area contributed by atoms with Crippen LogP contribution < -0.4 is 5.73 Å². The second kappa shape index (κ2) is 4.48. The second-order valence-corrected chi connectivity index (χ2v) is 3.07. The van der Waals surface area contributed by atoms with Gasteiger partial charge in [0.1, 0.15) is 5.69 Å². The zero-order valence-corrected chi connectivity index (χ0v) is 8.03. The number of carboxylic acids is 1. The van der Waals surface area contributed by atoms with Gasteiger partial charge in [0.05, 0.1) is 5.92 Å². The van der Waals surface area contributed by atoms with Crippen molar-refractivity contribution in [3.63, 3.8) is 0 Å². The van der Waals surface area contributed by atoms with E-state index in [1.165, 1.54) is 6.07 Å². The maximum absolute atomic E-state index is 12.5. The van der Waals surface area contributed by atoms with Crippen LogP contribution in [-0.2, 0) is 11.0 Å². The number of nitrogens with two attached hydrogens (primary N) is 1. The molecule has 1 aromatic rings. The Labute approximate surface area is 88.9 Å². The minimum absolute atomic E-state index is 0.412. The molecule has 0 aliphatic heterocycles. The summed E-state index contributed by atoms with van der Waals surface area (Å²) in [6.07, 6.45) is -3.72. The molecule has 0 aliphatic carbocycles. The smallest absolute Gasteiger partial charge is 0.433 e. The molecule has 4 nitrogen and oxygen atoms in total. The van der Waals surface area contributed by atoms with Gasteiger partial charge in [0.15, 0.2) is 0 Å². The van der Waals surface area contributed by atoms with Gasteiger partial charge in [-0.05, 0) is 11.6 Å². The number of aliphatic carboxylic acids is 1. The fourth-order valence-electron chi connectivity index (χ4n) is 1.30. The van der Waals surface area contributed by atoms with Crippen molar-refractivity contribution in [2.24, 2.45) is 5.73 Å². The van der Waals surface area contributed by atoms with Crippen LogP contribution in [0.4, 0.5) is 13.2 Å². The maximum Gasteiger partial charge on any atom is 0.433 e. The van der Waals surface area contributed by atoms with Crippen LogP contribution in [0, 0.1) is 0 Å². The van der Waals surface area contributed by atoms with Gasteiger partial charge in [-0.2, -0.15) is 13.2 Å². The van der Waals surface area contributed by atoms with E-state index >= 15 is 0 Å². The molecule has 1 atom stereocenters. The topological polar surface area (TPSA) is 76.2 Å². The molecular weight excluding hydrogens is 225 g/mol. The molecule has 1 unspecified atom stereocenters. The summed E-state index contributed by atoms with van der Waals surface area (Å²) in [5, 5.41) is 8.74. The average Bonchev–Trinajstić information content (AvgIpc) is 2.17. The van der Waals surface area contributed by atoms with E-state index in [0.717, 1.165) is 12.3 Å². The fraction of sp³-hybridized carbons (Fsp3) is 0.333. The highest BCUT2D eigenvalue weighted by molar-refractivity contribution is 5.76. The molecule has 16 heavy (non-hydrogen) atoms. The van der Waals surface area contributed by atoms with Crippen LogP contribution in [0.5, 0.6) is 0 Å². The lowest BCUT2D eigenvalue weighted by molar-refractivity contribution is -0.143. The zero-order valence-electron chi connectivity index (χ0n) is 8.03. The van der Waals surface area contributed by atoms with Gasteiger partial charge in [-0.25, -0.2) is 0 Å². The number of pyridine rings is 1. The predicted octanol–water partition coefficient (Wildman–Crippen LogP) is 1.23. The summed E-state index contributed by atoms with van der Waals surface area (Å²) in [6, 6.07) is 2.32. The first-order valence-electron chi connectivity index (χ1n) is 4.33. The Bertz CT molecular complexity index is 393. The van der Waals surface area contributed by atoms with Crippen LogP contribution in [0.15, 0.2) is 18.3 Å². The van der Waals surface area contributed by atoms with Gasteiger partial charge < -0.3 is 10.8 Å². The van der Waals surface area contributed by atoms with E-state index in [0.29, 0.717) is 0 Å². The normalized spacial score (nSPS) is 13.5. The van der Waals surface area contributed by atoms with Gasteiger partial charge in [0, 0.05) is 12.7 Å². The lowest BCUT2D eigenvalue weighted by atomic mass is 9.97. The van der Waals surface area contributed by atoms with Gasteiger partial charge >= 0.3 is 12.1 Å². The van der Waals surface area contributed by atoms with Crippen LogP contribution in [0.3, 0.4) is 0 Å². The summed E-state index contributed by atoms with van der Waals surface area (Å²) >= 11 is 0. The summed E-state index contributed by atoms with van der Waals surface area (Å²) in [7, 11) is 0. The van der Waals surface area contributed by atoms with E-state index in [1.54, 1.807) is 0 Å². The molecule has 3 N–H and O–H groups in total. The first-order valence-corrected chi connectivity index (χ1v) is 4.33. The van der Waals surface area contributed by atoms with Crippen molar-refractivity contribution in [1.29, 1.82) is 0 Å². The summed E-state index contributed by atoms with van der Waals surface area (Å²) in [6.45, 7) is -0.413. The molecule has 1 rings (SSSR count). The largest absolute Gasteiger partial charge is 0.481 e. The molecule has 88 valence electrons. The average molecular weight is 234 g/mol.